The lowest BCUT2D eigenvalue weighted by atomic mass is 9.92. The number of carbonyl (C=O) groups is 1. The van der Waals surface area contributed by atoms with E-state index in [2.05, 4.69) is 20.9 Å². The Morgan fingerprint density at radius 2 is 1.72 bits per heavy atom. The number of guanidine groups is 1. The third-order valence-electron chi connectivity index (χ3n) is 4.02. The number of alkyl halides is 3. The summed E-state index contributed by atoms with van der Waals surface area (Å²) < 4.78 is 46.1. The lowest BCUT2D eigenvalue weighted by molar-refractivity contribution is -0.138. The molecule has 3 N–H and O–H groups in total. The zero-order chi connectivity index (χ0) is 22.5. The fourth-order valence-corrected chi connectivity index (χ4v) is 2.51. The topological polar surface area (TPSA) is 74.8 Å². The molecule has 9 heteroatoms. The van der Waals surface area contributed by atoms with E-state index < -0.39 is 22.8 Å². The summed E-state index contributed by atoms with van der Waals surface area (Å²) in [6, 6.07) is 3.91. The number of nitrogens with zero attached hydrogens (tertiary/aromatic N) is 1. The second-order valence-electron chi connectivity index (χ2n) is 8.27. The van der Waals surface area contributed by atoms with E-state index in [0.717, 1.165) is 6.07 Å². The molecule has 1 aromatic carbocycles. The molecule has 1 rings (SSSR count). The van der Waals surface area contributed by atoms with Gasteiger partial charge in [0.1, 0.15) is 11.4 Å². The molecule has 0 aliphatic carbocycles. The van der Waals surface area contributed by atoms with Gasteiger partial charge in [0.05, 0.1) is 11.0 Å². The Bertz CT molecular complexity index is 738. The van der Waals surface area contributed by atoms with Gasteiger partial charge in [-0.05, 0) is 52.3 Å². The lowest BCUT2D eigenvalue weighted by Gasteiger charge is -2.25. The number of benzene rings is 1. The van der Waals surface area contributed by atoms with E-state index in [-0.39, 0.29) is 30.3 Å². The van der Waals surface area contributed by atoms with Crippen LogP contribution in [0.3, 0.4) is 0 Å². The molecular weight excluding hydrogens is 385 g/mol. The van der Waals surface area contributed by atoms with Crippen molar-refractivity contribution in [3.8, 4) is 5.75 Å². The van der Waals surface area contributed by atoms with Crippen LogP contribution in [-0.2, 0) is 17.5 Å². The number of nitrogens with one attached hydrogen (secondary N) is 3. The monoisotopic (exact) mass is 416 g/mol. The molecule has 1 amide bonds. The van der Waals surface area contributed by atoms with Crippen molar-refractivity contribution in [1.29, 1.82) is 0 Å². The highest BCUT2D eigenvalue weighted by Gasteiger charge is 2.34. The molecule has 0 unspecified atom stereocenters. The normalized spacial score (nSPS) is 13.1. The van der Waals surface area contributed by atoms with Gasteiger partial charge in [-0.2, -0.15) is 13.2 Å². The second-order valence-corrected chi connectivity index (χ2v) is 8.27. The quantitative estimate of drug-likeness (QED) is 0.491. The Hall–Kier alpha value is -2.45. The van der Waals surface area contributed by atoms with Crippen LogP contribution in [0.1, 0.15) is 45.7 Å². The van der Waals surface area contributed by atoms with Gasteiger partial charge < -0.3 is 20.7 Å². The minimum atomic E-state index is -4.52. The van der Waals surface area contributed by atoms with E-state index in [1.807, 2.05) is 0 Å². The van der Waals surface area contributed by atoms with Crippen LogP contribution in [0, 0.1) is 5.41 Å². The molecule has 0 bridgehead atoms. The summed E-state index contributed by atoms with van der Waals surface area (Å²) in [5.74, 6) is 0.294. The van der Waals surface area contributed by atoms with Crippen LogP contribution in [0.4, 0.5) is 13.2 Å². The van der Waals surface area contributed by atoms with E-state index in [1.165, 1.54) is 19.2 Å². The molecule has 0 heterocycles. The van der Waals surface area contributed by atoms with Crippen LogP contribution in [0.15, 0.2) is 23.2 Å². The molecule has 0 atom stereocenters. The van der Waals surface area contributed by atoms with Crippen molar-refractivity contribution >= 4 is 11.9 Å². The van der Waals surface area contributed by atoms with E-state index in [0.29, 0.717) is 5.96 Å². The highest BCUT2D eigenvalue weighted by Crippen LogP contribution is 2.35. The Morgan fingerprint density at radius 3 is 2.21 bits per heavy atom. The molecule has 1 aromatic rings. The minimum absolute atomic E-state index is 0.0623. The van der Waals surface area contributed by atoms with Crippen molar-refractivity contribution in [3.05, 3.63) is 29.3 Å². The van der Waals surface area contributed by atoms with Crippen molar-refractivity contribution in [2.24, 2.45) is 10.4 Å². The molecular formula is C20H31F3N4O2. The number of ether oxygens (including phenoxy) is 1. The Labute approximate surface area is 170 Å². The van der Waals surface area contributed by atoms with Gasteiger partial charge in [0.25, 0.3) is 0 Å². The van der Waals surface area contributed by atoms with E-state index in [9.17, 15) is 18.0 Å². The number of hydrogen-bond donors (Lipinski definition) is 3. The molecule has 0 aliphatic heterocycles. The second kappa shape index (κ2) is 9.37. The minimum Gasteiger partial charge on any atom is -0.488 e. The highest BCUT2D eigenvalue weighted by molar-refractivity contribution is 5.84. The number of amides is 1. The highest BCUT2D eigenvalue weighted by atomic mass is 19.4. The molecule has 0 spiro atoms. The average molecular weight is 416 g/mol. The van der Waals surface area contributed by atoms with Crippen molar-refractivity contribution in [2.75, 3.05) is 20.6 Å². The molecule has 164 valence electrons. The predicted octanol–water partition coefficient (Wildman–Crippen LogP) is 3.32. The first-order valence-corrected chi connectivity index (χ1v) is 9.25. The lowest BCUT2D eigenvalue weighted by Crippen LogP contribution is -2.47. The number of hydrogen-bond acceptors (Lipinski definition) is 3. The molecule has 29 heavy (non-hydrogen) atoms. The van der Waals surface area contributed by atoms with Crippen molar-refractivity contribution in [1.82, 2.24) is 16.0 Å². The van der Waals surface area contributed by atoms with Crippen molar-refractivity contribution in [2.45, 2.75) is 52.9 Å². The zero-order valence-electron chi connectivity index (χ0n) is 18.0. The molecule has 0 aromatic heterocycles. The van der Waals surface area contributed by atoms with Crippen LogP contribution >= 0.6 is 0 Å². The standard InChI is InChI=1S/C20H31F3N4O2/c1-18(2,3)29-14-9-8-13(15(10-14)20(21,22)23)11-26-17(25-7)27-12-19(4,5)16(28)24-6/h8-10H,11-12H2,1-7H3,(H,24,28)(H2,25,26,27). The maximum atomic E-state index is 13.5. The van der Waals surface area contributed by atoms with Crippen LogP contribution < -0.4 is 20.7 Å². The third kappa shape index (κ3) is 7.83. The maximum Gasteiger partial charge on any atom is 0.416 e. The molecule has 0 radical (unpaired) electrons. The molecule has 0 aliphatic rings. The summed E-state index contributed by atoms with van der Waals surface area (Å²) in [5.41, 5.74) is -2.03. The molecule has 0 saturated heterocycles. The van der Waals surface area contributed by atoms with E-state index in [1.54, 1.807) is 41.7 Å². The summed E-state index contributed by atoms with van der Waals surface area (Å²) in [6.07, 6.45) is -4.52. The first-order chi connectivity index (χ1) is 13.2. The van der Waals surface area contributed by atoms with Gasteiger partial charge in [-0.25, -0.2) is 0 Å². The number of carbonyl (C=O) groups excluding carboxylic acids is 1. The smallest absolute Gasteiger partial charge is 0.416 e. The van der Waals surface area contributed by atoms with Crippen LogP contribution in [0.2, 0.25) is 0 Å². The van der Waals surface area contributed by atoms with Crippen LogP contribution in [0.5, 0.6) is 5.75 Å². The Morgan fingerprint density at radius 1 is 1.10 bits per heavy atom. The maximum absolute atomic E-state index is 13.5. The summed E-state index contributed by atoms with van der Waals surface area (Å²) in [6.45, 7) is 8.98. The van der Waals surface area contributed by atoms with Gasteiger partial charge in [0.15, 0.2) is 5.96 Å². The number of rotatable bonds is 6. The summed E-state index contributed by atoms with van der Waals surface area (Å²) in [7, 11) is 3.05. The zero-order valence-corrected chi connectivity index (χ0v) is 18.0. The third-order valence-corrected chi connectivity index (χ3v) is 4.02. The first kappa shape index (κ1) is 24.6. The SMILES string of the molecule is CN=C(NCc1ccc(OC(C)(C)C)cc1C(F)(F)F)NCC(C)(C)C(=O)NC. The molecule has 6 nitrogen and oxygen atoms in total. The van der Waals surface area contributed by atoms with Crippen molar-refractivity contribution in [3.63, 3.8) is 0 Å². The summed E-state index contributed by atoms with van der Waals surface area (Å²) in [4.78, 5) is 15.9. The van der Waals surface area contributed by atoms with Gasteiger partial charge in [0, 0.05) is 27.2 Å². The van der Waals surface area contributed by atoms with Gasteiger partial charge in [-0.1, -0.05) is 6.07 Å². The van der Waals surface area contributed by atoms with Gasteiger partial charge in [0.2, 0.25) is 5.91 Å². The number of aliphatic imine (C=N–C) groups is 1. The Kier molecular flexibility index (Phi) is 7.94. The Balaban J connectivity index is 2.92. The van der Waals surface area contributed by atoms with E-state index >= 15 is 0 Å². The van der Waals surface area contributed by atoms with Gasteiger partial charge >= 0.3 is 6.18 Å². The molecule has 0 fully saturated rings. The van der Waals surface area contributed by atoms with Crippen LogP contribution in [-0.4, -0.2) is 38.1 Å². The average Bonchev–Trinajstić information content (AvgIpc) is 2.59. The number of halogens is 3. The van der Waals surface area contributed by atoms with Gasteiger partial charge in [-0.3, -0.25) is 9.79 Å². The van der Waals surface area contributed by atoms with Crippen LogP contribution in [0.25, 0.3) is 0 Å². The fourth-order valence-electron chi connectivity index (χ4n) is 2.51. The van der Waals surface area contributed by atoms with E-state index in [4.69, 9.17) is 4.74 Å². The predicted molar refractivity (Wildman–Crippen MR) is 108 cm³/mol. The van der Waals surface area contributed by atoms with Crippen molar-refractivity contribution < 1.29 is 22.7 Å². The largest absolute Gasteiger partial charge is 0.488 e. The molecule has 0 saturated carbocycles. The summed E-state index contributed by atoms with van der Waals surface area (Å²) >= 11 is 0. The fraction of sp³-hybridized carbons (Fsp3) is 0.600. The van der Waals surface area contributed by atoms with Gasteiger partial charge in [-0.15, -0.1) is 0 Å². The summed E-state index contributed by atoms with van der Waals surface area (Å²) in [5, 5.41) is 8.40. The first-order valence-electron chi connectivity index (χ1n) is 9.25.